The second-order valence-electron chi connectivity index (χ2n) is 5.57. The minimum absolute atomic E-state index is 0.0204. The third-order valence-electron chi connectivity index (χ3n) is 3.76. The maximum atomic E-state index is 12.6. The molecule has 1 N–H and O–H groups in total. The second kappa shape index (κ2) is 6.23. The molecule has 0 saturated heterocycles. The number of aromatic nitrogens is 2. The summed E-state index contributed by atoms with van der Waals surface area (Å²) in [5.74, 6) is -0.234. The summed E-state index contributed by atoms with van der Waals surface area (Å²) in [6, 6.07) is 13.4. The molecule has 8 heteroatoms. The number of imidazole rings is 1. The molecular weight excluding hydrogens is 340 g/mol. The Kier molecular flexibility index (Phi) is 4.23. The lowest BCUT2D eigenvalue weighted by Gasteiger charge is -2.14. The number of nitrogens with one attached hydrogen (secondary N) is 1. The number of ketones is 1. The summed E-state index contributed by atoms with van der Waals surface area (Å²) in [6.45, 7) is 0. The van der Waals surface area contributed by atoms with E-state index in [0.717, 1.165) is 14.5 Å². The van der Waals surface area contributed by atoms with E-state index in [4.69, 9.17) is 5.41 Å². The van der Waals surface area contributed by atoms with E-state index in [0.29, 0.717) is 16.6 Å². The van der Waals surface area contributed by atoms with Crippen LogP contribution in [0.1, 0.15) is 21.7 Å². The Morgan fingerprint density at radius 2 is 1.80 bits per heavy atom. The van der Waals surface area contributed by atoms with Crippen LogP contribution >= 0.6 is 0 Å². The number of benzene rings is 2. The normalized spacial score (nSPS) is 11.8. The first-order chi connectivity index (χ1) is 11.9. The van der Waals surface area contributed by atoms with Crippen LogP contribution in [0.4, 0.5) is 0 Å². The fourth-order valence-electron chi connectivity index (χ4n) is 2.47. The first-order valence-electron chi connectivity index (χ1n) is 7.42. The van der Waals surface area contributed by atoms with Gasteiger partial charge in [-0.05, 0) is 18.2 Å². The molecule has 2 aromatic carbocycles. The van der Waals surface area contributed by atoms with Crippen molar-refractivity contribution in [2.24, 2.45) is 0 Å². The van der Waals surface area contributed by atoms with Crippen molar-refractivity contribution in [2.45, 2.75) is 0 Å². The maximum Gasteiger partial charge on any atom is 0.309 e. The van der Waals surface area contributed by atoms with Crippen LogP contribution < -0.4 is 0 Å². The smallest absolute Gasteiger partial charge is 0.305 e. The van der Waals surface area contributed by atoms with Gasteiger partial charge >= 0.3 is 10.2 Å². The van der Waals surface area contributed by atoms with E-state index < -0.39 is 10.2 Å². The third-order valence-corrected chi connectivity index (χ3v) is 5.52. The van der Waals surface area contributed by atoms with Gasteiger partial charge in [0, 0.05) is 25.2 Å². The maximum absolute atomic E-state index is 12.6. The highest BCUT2D eigenvalue weighted by Crippen LogP contribution is 2.22. The Bertz CT molecular complexity index is 1070. The van der Waals surface area contributed by atoms with Crippen molar-refractivity contribution in [3.63, 3.8) is 0 Å². The summed E-state index contributed by atoms with van der Waals surface area (Å²) in [5.41, 5.74) is 1.52. The Morgan fingerprint density at radius 3 is 2.40 bits per heavy atom. The quantitative estimate of drug-likeness (QED) is 0.558. The monoisotopic (exact) mass is 356 g/mol. The van der Waals surface area contributed by atoms with Gasteiger partial charge in [0.25, 0.3) is 0 Å². The molecule has 0 aliphatic carbocycles. The molecule has 0 amide bonds. The van der Waals surface area contributed by atoms with Crippen molar-refractivity contribution in [1.29, 1.82) is 5.41 Å². The third kappa shape index (κ3) is 2.86. The molecule has 0 fully saturated rings. The Labute approximate surface area is 145 Å². The standard InChI is InChI=1S/C17H16N4O3S/c1-20(2)25(23,24)21-15-10-13(8-9-14(15)19-16(21)11-18)17(22)12-6-4-3-5-7-12/h3-11,18H,1-2H3. The number of hydrogen-bond donors (Lipinski definition) is 1. The predicted molar refractivity (Wildman–Crippen MR) is 95.5 cm³/mol. The van der Waals surface area contributed by atoms with Crippen LogP contribution in [-0.2, 0) is 10.2 Å². The first kappa shape index (κ1) is 17.0. The van der Waals surface area contributed by atoms with Gasteiger partial charge < -0.3 is 5.41 Å². The lowest BCUT2D eigenvalue weighted by Crippen LogP contribution is -2.30. The van der Waals surface area contributed by atoms with Crippen molar-refractivity contribution >= 4 is 33.2 Å². The summed E-state index contributed by atoms with van der Waals surface area (Å²) >= 11 is 0. The van der Waals surface area contributed by atoms with Crippen LogP contribution in [0, 0.1) is 5.41 Å². The summed E-state index contributed by atoms with van der Waals surface area (Å²) in [7, 11) is -1.09. The number of carbonyl (C=O) groups excluding carboxylic acids is 1. The number of rotatable bonds is 5. The lowest BCUT2D eigenvalue weighted by atomic mass is 10.0. The number of carbonyl (C=O) groups is 1. The minimum Gasteiger partial charge on any atom is -0.305 e. The number of fused-ring (bicyclic) bond motifs is 1. The lowest BCUT2D eigenvalue weighted by molar-refractivity contribution is 0.103. The average Bonchev–Trinajstić information content (AvgIpc) is 3.00. The number of nitrogens with zero attached hydrogens (tertiary/aromatic N) is 3. The fourth-order valence-corrected chi connectivity index (χ4v) is 3.52. The summed E-state index contributed by atoms with van der Waals surface area (Å²) in [4.78, 5) is 16.8. The van der Waals surface area contributed by atoms with Gasteiger partial charge in [0.2, 0.25) is 0 Å². The molecule has 3 aromatic rings. The summed E-state index contributed by atoms with van der Waals surface area (Å²) < 4.78 is 27.2. The van der Waals surface area contributed by atoms with Crippen LogP contribution in [0.5, 0.6) is 0 Å². The molecule has 1 aromatic heterocycles. The topological polar surface area (TPSA) is 96.1 Å². The van der Waals surface area contributed by atoms with Crippen LogP contribution in [0.2, 0.25) is 0 Å². The van der Waals surface area contributed by atoms with Crippen molar-refractivity contribution in [3.05, 3.63) is 65.5 Å². The van der Waals surface area contributed by atoms with Crippen LogP contribution in [0.15, 0.2) is 48.5 Å². The van der Waals surface area contributed by atoms with E-state index in [-0.39, 0.29) is 17.1 Å². The van der Waals surface area contributed by atoms with Crippen LogP contribution in [0.25, 0.3) is 11.0 Å². The Morgan fingerprint density at radius 1 is 1.12 bits per heavy atom. The van der Waals surface area contributed by atoms with Gasteiger partial charge in [0.05, 0.1) is 17.2 Å². The van der Waals surface area contributed by atoms with Gasteiger partial charge in [0.15, 0.2) is 11.6 Å². The van der Waals surface area contributed by atoms with E-state index in [1.165, 1.54) is 20.2 Å². The largest absolute Gasteiger partial charge is 0.309 e. The van der Waals surface area contributed by atoms with Gasteiger partial charge in [-0.1, -0.05) is 30.3 Å². The molecule has 0 aliphatic rings. The first-order valence-corrected chi connectivity index (χ1v) is 8.81. The van der Waals surface area contributed by atoms with E-state index in [1.807, 2.05) is 6.07 Å². The molecule has 25 heavy (non-hydrogen) atoms. The van der Waals surface area contributed by atoms with Crippen LogP contribution in [-0.4, -0.2) is 47.8 Å². The van der Waals surface area contributed by atoms with Gasteiger partial charge in [-0.25, -0.2) is 8.96 Å². The second-order valence-corrected chi connectivity index (χ2v) is 7.56. The molecular formula is C17H16N4O3S. The molecule has 1 heterocycles. The Balaban J connectivity index is 2.24. The van der Waals surface area contributed by atoms with Gasteiger partial charge in [-0.3, -0.25) is 4.79 Å². The zero-order chi connectivity index (χ0) is 18.2. The molecule has 0 unspecified atom stereocenters. The SMILES string of the molecule is CN(C)S(=O)(=O)n1c(C=N)nc2ccc(C(=O)c3ccccc3)cc21. The molecule has 0 spiro atoms. The van der Waals surface area contributed by atoms with E-state index in [1.54, 1.807) is 36.4 Å². The van der Waals surface area contributed by atoms with Crippen molar-refractivity contribution in [2.75, 3.05) is 14.1 Å². The molecule has 7 nitrogen and oxygen atoms in total. The highest BCUT2D eigenvalue weighted by molar-refractivity contribution is 7.87. The summed E-state index contributed by atoms with van der Waals surface area (Å²) in [6.07, 6.45) is 0.875. The van der Waals surface area contributed by atoms with E-state index >= 15 is 0 Å². The van der Waals surface area contributed by atoms with Crippen molar-refractivity contribution in [3.8, 4) is 0 Å². The van der Waals surface area contributed by atoms with Gasteiger partial charge in [-0.15, -0.1) is 0 Å². The fraction of sp³-hybridized carbons (Fsp3) is 0.118. The van der Waals surface area contributed by atoms with E-state index in [2.05, 4.69) is 4.98 Å². The molecule has 128 valence electrons. The molecule has 0 atom stereocenters. The zero-order valence-corrected chi connectivity index (χ0v) is 14.5. The van der Waals surface area contributed by atoms with Gasteiger partial charge in [-0.2, -0.15) is 12.7 Å². The molecule has 0 aliphatic heterocycles. The van der Waals surface area contributed by atoms with Crippen molar-refractivity contribution in [1.82, 2.24) is 13.3 Å². The van der Waals surface area contributed by atoms with Gasteiger partial charge in [0.1, 0.15) is 0 Å². The predicted octanol–water partition coefficient (Wildman–Crippen LogP) is 1.92. The Hall–Kier alpha value is -2.84. The van der Waals surface area contributed by atoms with Crippen molar-refractivity contribution < 1.29 is 13.2 Å². The zero-order valence-electron chi connectivity index (χ0n) is 13.7. The number of hydrogen-bond acceptors (Lipinski definition) is 5. The minimum atomic E-state index is -3.89. The van der Waals surface area contributed by atoms with Crippen LogP contribution in [0.3, 0.4) is 0 Å². The highest BCUT2D eigenvalue weighted by atomic mass is 32.2. The van der Waals surface area contributed by atoms with E-state index in [9.17, 15) is 13.2 Å². The molecule has 0 radical (unpaired) electrons. The molecule has 3 rings (SSSR count). The summed E-state index contributed by atoms with van der Waals surface area (Å²) in [5, 5.41) is 7.45. The highest BCUT2D eigenvalue weighted by Gasteiger charge is 2.24. The molecule has 0 saturated carbocycles. The average molecular weight is 356 g/mol. The molecule has 0 bridgehead atoms.